The Labute approximate surface area is 95.1 Å². The van der Waals surface area contributed by atoms with E-state index in [0.717, 1.165) is 16.5 Å². The molecule has 1 aromatic carbocycles. The molecule has 0 saturated heterocycles. The van der Waals surface area contributed by atoms with Crippen LogP contribution in [0.2, 0.25) is 0 Å². The van der Waals surface area contributed by atoms with Gasteiger partial charge in [-0.15, -0.1) is 0 Å². The maximum absolute atomic E-state index is 11.5. The van der Waals surface area contributed by atoms with Gasteiger partial charge in [-0.05, 0) is 25.5 Å². The summed E-state index contributed by atoms with van der Waals surface area (Å²) in [5.41, 5.74) is 2.01. The zero-order valence-corrected chi connectivity index (χ0v) is 9.36. The van der Waals surface area contributed by atoms with Gasteiger partial charge >= 0.3 is 0 Å². The van der Waals surface area contributed by atoms with E-state index in [1.165, 1.54) is 0 Å². The van der Waals surface area contributed by atoms with Gasteiger partial charge in [-0.1, -0.05) is 18.2 Å². The lowest BCUT2D eigenvalue weighted by Crippen LogP contribution is -2.26. The summed E-state index contributed by atoms with van der Waals surface area (Å²) in [5.74, 6) is 0.0308. The van der Waals surface area contributed by atoms with Crippen molar-refractivity contribution in [3.05, 3.63) is 42.9 Å². The van der Waals surface area contributed by atoms with Crippen molar-refractivity contribution in [2.75, 3.05) is 6.54 Å². The van der Waals surface area contributed by atoms with Gasteiger partial charge in [0.05, 0.1) is 0 Å². The molecule has 16 heavy (non-hydrogen) atoms. The minimum Gasteiger partial charge on any atom is -0.355 e. The van der Waals surface area contributed by atoms with Crippen molar-refractivity contribution in [3.63, 3.8) is 0 Å². The van der Waals surface area contributed by atoms with Crippen LogP contribution in [0.25, 0.3) is 10.9 Å². The summed E-state index contributed by atoms with van der Waals surface area (Å²) < 4.78 is 1.93. The van der Waals surface area contributed by atoms with Gasteiger partial charge in [0.2, 0.25) is 5.91 Å². The molecule has 2 rings (SSSR count). The third-order valence-corrected chi connectivity index (χ3v) is 2.56. The van der Waals surface area contributed by atoms with Gasteiger partial charge in [-0.3, -0.25) is 4.79 Å². The third kappa shape index (κ3) is 1.94. The number of nitrogens with one attached hydrogen (secondary N) is 1. The molecule has 0 saturated carbocycles. The Bertz CT molecular complexity index is 514. The van der Waals surface area contributed by atoms with Gasteiger partial charge in [0.1, 0.15) is 6.54 Å². The standard InChI is InChI=1S/C13H15N2O/c1-3-14-13(16)9-15-8-10(2)11-6-4-5-7-12(11)15/h4-8H,2-3,9H2,1H3,(H,14,16). The van der Waals surface area contributed by atoms with E-state index in [9.17, 15) is 4.79 Å². The van der Waals surface area contributed by atoms with Gasteiger partial charge in [-0.2, -0.15) is 0 Å². The first-order valence-corrected chi connectivity index (χ1v) is 5.39. The monoisotopic (exact) mass is 215 g/mol. The van der Waals surface area contributed by atoms with Crippen molar-refractivity contribution in [2.24, 2.45) is 0 Å². The van der Waals surface area contributed by atoms with E-state index >= 15 is 0 Å². The largest absolute Gasteiger partial charge is 0.355 e. The van der Waals surface area contributed by atoms with Crippen molar-refractivity contribution in [1.82, 2.24) is 9.88 Å². The predicted octanol–water partition coefficient (Wildman–Crippen LogP) is 1.96. The van der Waals surface area contributed by atoms with Crippen LogP contribution in [0, 0.1) is 6.92 Å². The molecule has 1 amide bonds. The van der Waals surface area contributed by atoms with Crippen molar-refractivity contribution >= 4 is 16.8 Å². The number of rotatable bonds is 3. The SMILES string of the molecule is [CH2]c1cn(CC(=O)NCC)c2ccccc12. The summed E-state index contributed by atoms with van der Waals surface area (Å²) in [5, 5.41) is 3.89. The van der Waals surface area contributed by atoms with E-state index < -0.39 is 0 Å². The summed E-state index contributed by atoms with van der Waals surface area (Å²) in [6.07, 6.45) is 1.92. The Kier molecular flexibility index (Phi) is 2.95. The van der Waals surface area contributed by atoms with E-state index in [4.69, 9.17) is 0 Å². The maximum atomic E-state index is 11.5. The van der Waals surface area contributed by atoms with Crippen molar-refractivity contribution in [3.8, 4) is 0 Å². The first-order valence-electron chi connectivity index (χ1n) is 5.39. The molecule has 3 heteroatoms. The number of likely N-dealkylation sites (N-methyl/N-ethyl adjacent to an activating group) is 1. The van der Waals surface area contributed by atoms with Crippen LogP contribution in [0.15, 0.2) is 30.5 Å². The lowest BCUT2D eigenvalue weighted by atomic mass is 10.2. The molecule has 0 fully saturated rings. The molecular weight excluding hydrogens is 200 g/mol. The van der Waals surface area contributed by atoms with Crippen LogP contribution in [-0.4, -0.2) is 17.0 Å². The lowest BCUT2D eigenvalue weighted by molar-refractivity contribution is -0.121. The van der Waals surface area contributed by atoms with Gasteiger partial charge in [0.15, 0.2) is 0 Å². The number of carbonyl (C=O) groups excluding carboxylic acids is 1. The molecule has 1 aromatic heterocycles. The smallest absolute Gasteiger partial charge is 0.239 e. The van der Waals surface area contributed by atoms with Gasteiger partial charge in [0, 0.05) is 23.6 Å². The average molecular weight is 215 g/mol. The van der Waals surface area contributed by atoms with Gasteiger partial charge < -0.3 is 9.88 Å². The first-order chi connectivity index (χ1) is 7.72. The van der Waals surface area contributed by atoms with E-state index in [1.54, 1.807) is 0 Å². The van der Waals surface area contributed by atoms with Gasteiger partial charge in [0.25, 0.3) is 0 Å². The van der Waals surface area contributed by atoms with Crippen LogP contribution in [0.1, 0.15) is 12.5 Å². The number of carbonyl (C=O) groups is 1. The molecule has 83 valence electrons. The second-order valence-electron chi connectivity index (χ2n) is 3.75. The zero-order valence-electron chi connectivity index (χ0n) is 9.36. The highest BCUT2D eigenvalue weighted by Crippen LogP contribution is 2.19. The molecule has 0 unspecified atom stereocenters. The molecule has 2 aromatic rings. The molecule has 0 spiro atoms. The number of aromatic nitrogens is 1. The van der Waals surface area contributed by atoms with E-state index in [-0.39, 0.29) is 5.91 Å². The number of fused-ring (bicyclic) bond motifs is 1. The lowest BCUT2D eigenvalue weighted by Gasteiger charge is -2.05. The number of hydrogen-bond donors (Lipinski definition) is 1. The molecular formula is C13H15N2O. The highest BCUT2D eigenvalue weighted by molar-refractivity contribution is 5.86. The van der Waals surface area contributed by atoms with Crippen molar-refractivity contribution in [1.29, 1.82) is 0 Å². The summed E-state index contributed by atoms with van der Waals surface area (Å²) in [6.45, 7) is 6.90. The molecule has 0 aliphatic heterocycles. The Morgan fingerprint density at radius 1 is 1.44 bits per heavy atom. The number of hydrogen-bond acceptors (Lipinski definition) is 1. The van der Waals surface area contributed by atoms with Crippen molar-refractivity contribution < 1.29 is 4.79 Å². The minimum atomic E-state index is 0.0308. The molecule has 0 atom stereocenters. The number of benzene rings is 1. The topological polar surface area (TPSA) is 34.0 Å². The maximum Gasteiger partial charge on any atom is 0.239 e. The summed E-state index contributed by atoms with van der Waals surface area (Å²) in [4.78, 5) is 11.5. The van der Waals surface area contributed by atoms with Crippen molar-refractivity contribution in [2.45, 2.75) is 13.5 Å². The first kappa shape index (κ1) is 10.7. The normalized spacial score (nSPS) is 10.6. The summed E-state index contributed by atoms with van der Waals surface area (Å²) in [6, 6.07) is 7.97. The van der Waals surface area contributed by atoms with Crippen LogP contribution in [0.4, 0.5) is 0 Å². The molecule has 1 N–H and O–H groups in total. The number of para-hydroxylation sites is 1. The molecule has 0 aliphatic rings. The highest BCUT2D eigenvalue weighted by Gasteiger charge is 2.07. The molecule has 0 bridgehead atoms. The second-order valence-corrected chi connectivity index (χ2v) is 3.75. The number of nitrogens with zero attached hydrogens (tertiary/aromatic N) is 1. The minimum absolute atomic E-state index is 0.0308. The molecule has 3 nitrogen and oxygen atoms in total. The fraction of sp³-hybridized carbons (Fsp3) is 0.231. The fourth-order valence-electron chi connectivity index (χ4n) is 1.86. The van der Waals surface area contributed by atoms with E-state index in [1.807, 2.05) is 42.0 Å². The zero-order chi connectivity index (χ0) is 11.5. The highest BCUT2D eigenvalue weighted by atomic mass is 16.1. The quantitative estimate of drug-likeness (QED) is 0.834. The second kappa shape index (κ2) is 4.39. The predicted molar refractivity (Wildman–Crippen MR) is 65.1 cm³/mol. The van der Waals surface area contributed by atoms with Crippen LogP contribution < -0.4 is 5.32 Å². The van der Waals surface area contributed by atoms with Crippen LogP contribution in [-0.2, 0) is 11.3 Å². The van der Waals surface area contributed by atoms with Gasteiger partial charge in [-0.25, -0.2) is 0 Å². The van der Waals surface area contributed by atoms with E-state index in [2.05, 4.69) is 12.2 Å². The Balaban J connectivity index is 2.34. The van der Waals surface area contributed by atoms with E-state index in [0.29, 0.717) is 13.1 Å². The summed E-state index contributed by atoms with van der Waals surface area (Å²) >= 11 is 0. The fourth-order valence-corrected chi connectivity index (χ4v) is 1.86. The molecule has 1 radical (unpaired) electrons. The third-order valence-electron chi connectivity index (χ3n) is 2.56. The Morgan fingerprint density at radius 2 is 2.19 bits per heavy atom. The Hall–Kier alpha value is -1.77. The number of amides is 1. The van der Waals surface area contributed by atoms with Crippen LogP contribution >= 0.6 is 0 Å². The average Bonchev–Trinajstić information content (AvgIpc) is 2.57. The summed E-state index contributed by atoms with van der Waals surface area (Å²) in [7, 11) is 0. The Morgan fingerprint density at radius 3 is 2.94 bits per heavy atom. The van der Waals surface area contributed by atoms with Crippen LogP contribution in [0.3, 0.4) is 0 Å². The molecule has 1 heterocycles. The molecule has 0 aliphatic carbocycles. The van der Waals surface area contributed by atoms with Crippen LogP contribution in [0.5, 0.6) is 0 Å².